The van der Waals surface area contributed by atoms with Crippen molar-refractivity contribution in [3.63, 3.8) is 0 Å². The van der Waals surface area contributed by atoms with Gasteiger partial charge in [0.1, 0.15) is 5.75 Å². The second kappa shape index (κ2) is 9.68. The number of rotatable bonds is 10. The Labute approximate surface area is 117 Å². The Morgan fingerprint density at radius 2 is 1.95 bits per heavy atom. The molecule has 0 amide bonds. The molecule has 0 heterocycles. The summed E-state index contributed by atoms with van der Waals surface area (Å²) in [5.41, 5.74) is 6.61. The molecule has 0 saturated carbocycles. The molecule has 3 N–H and O–H groups in total. The van der Waals surface area contributed by atoms with Crippen LogP contribution in [-0.2, 0) is 0 Å². The first-order chi connectivity index (χ1) is 9.22. The fourth-order valence-corrected chi connectivity index (χ4v) is 1.81. The van der Waals surface area contributed by atoms with E-state index in [1.54, 1.807) is 0 Å². The summed E-state index contributed by atoms with van der Waals surface area (Å²) in [7, 11) is 0. The van der Waals surface area contributed by atoms with Crippen LogP contribution < -0.4 is 15.8 Å². The van der Waals surface area contributed by atoms with Crippen LogP contribution in [0.3, 0.4) is 0 Å². The van der Waals surface area contributed by atoms with Crippen molar-refractivity contribution in [3.8, 4) is 5.75 Å². The Bertz CT molecular complexity index is 339. The minimum absolute atomic E-state index is 0.555. The van der Waals surface area contributed by atoms with Gasteiger partial charge in [-0.05, 0) is 37.4 Å². The van der Waals surface area contributed by atoms with Gasteiger partial charge in [0.2, 0.25) is 0 Å². The summed E-state index contributed by atoms with van der Waals surface area (Å²) < 4.78 is 5.71. The van der Waals surface area contributed by atoms with Gasteiger partial charge in [-0.2, -0.15) is 0 Å². The van der Waals surface area contributed by atoms with E-state index in [9.17, 15) is 0 Å². The number of nitrogens with one attached hydrogen (secondary N) is 1. The third-order valence-electron chi connectivity index (χ3n) is 2.88. The average Bonchev–Trinajstić information content (AvgIpc) is 2.41. The van der Waals surface area contributed by atoms with E-state index in [-0.39, 0.29) is 0 Å². The van der Waals surface area contributed by atoms with Gasteiger partial charge in [-0.15, -0.1) is 0 Å². The van der Waals surface area contributed by atoms with E-state index >= 15 is 0 Å². The van der Waals surface area contributed by atoms with E-state index in [2.05, 4.69) is 31.3 Å². The monoisotopic (exact) mass is 264 g/mol. The van der Waals surface area contributed by atoms with Crippen molar-refractivity contribution in [1.82, 2.24) is 0 Å². The van der Waals surface area contributed by atoms with Gasteiger partial charge in [-0.3, -0.25) is 0 Å². The number of benzene rings is 1. The van der Waals surface area contributed by atoms with E-state index in [1.807, 2.05) is 12.1 Å². The summed E-state index contributed by atoms with van der Waals surface area (Å²) in [6.07, 6.45) is 4.80. The maximum absolute atomic E-state index is 5.71. The van der Waals surface area contributed by atoms with Gasteiger partial charge in [0.15, 0.2) is 0 Å². The van der Waals surface area contributed by atoms with Gasteiger partial charge in [-0.1, -0.05) is 32.8 Å². The summed E-state index contributed by atoms with van der Waals surface area (Å²) >= 11 is 0. The topological polar surface area (TPSA) is 47.3 Å². The van der Waals surface area contributed by atoms with Crippen LogP contribution in [0.4, 0.5) is 5.69 Å². The quantitative estimate of drug-likeness (QED) is 0.634. The van der Waals surface area contributed by atoms with E-state index in [4.69, 9.17) is 10.5 Å². The van der Waals surface area contributed by atoms with Crippen molar-refractivity contribution in [2.24, 2.45) is 11.7 Å². The predicted molar refractivity (Wildman–Crippen MR) is 82.8 cm³/mol. The molecular weight excluding hydrogens is 236 g/mol. The lowest BCUT2D eigenvalue weighted by Crippen LogP contribution is -2.05. The van der Waals surface area contributed by atoms with Crippen molar-refractivity contribution in [3.05, 3.63) is 24.3 Å². The summed E-state index contributed by atoms with van der Waals surface area (Å²) in [4.78, 5) is 0. The SMILES string of the molecule is CC(C)COc1cccc(NCCCCCCN)c1. The van der Waals surface area contributed by atoms with Gasteiger partial charge >= 0.3 is 0 Å². The third kappa shape index (κ3) is 7.73. The molecular formula is C16H28N2O. The molecule has 108 valence electrons. The lowest BCUT2D eigenvalue weighted by Gasteiger charge is -2.11. The molecule has 3 nitrogen and oxygen atoms in total. The third-order valence-corrected chi connectivity index (χ3v) is 2.88. The van der Waals surface area contributed by atoms with Gasteiger partial charge in [0.25, 0.3) is 0 Å². The van der Waals surface area contributed by atoms with Crippen LogP contribution in [0, 0.1) is 5.92 Å². The Morgan fingerprint density at radius 1 is 1.16 bits per heavy atom. The first-order valence-corrected chi connectivity index (χ1v) is 7.39. The number of anilines is 1. The maximum Gasteiger partial charge on any atom is 0.121 e. The van der Waals surface area contributed by atoms with E-state index in [0.717, 1.165) is 37.6 Å². The van der Waals surface area contributed by atoms with Gasteiger partial charge in [0.05, 0.1) is 6.61 Å². The summed E-state index contributed by atoms with van der Waals surface area (Å²) in [5, 5.41) is 3.44. The molecule has 0 atom stereocenters. The van der Waals surface area contributed by atoms with Gasteiger partial charge < -0.3 is 15.8 Å². The second-order valence-corrected chi connectivity index (χ2v) is 5.36. The lowest BCUT2D eigenvalue weighted by molar-refractivity contribution is 0.271. The molecule has 19 heavy (non-hydrogen) atoms. The van der Waals surface area contributed by atoms with Crippen LogP contribution in [0.25, 0.3) is 0 Å². The molecule has 3 heteroatoms. The molecule has 0 saturated heterocycles. The van der Waals surface area contributed by atoms with Gasteiger partial charge in [0, 0.05) is 18.3 Å². The van der Waals surface area contributed by atoms with Crippen LogP contribution in [0.1, 0.15) is 39.5 Å². The number of hydrogen-bond acceptors (Lipinski definition) is 3. The molecule has 0 radical (unpaired) electrons. The highest BCUT2D eigenvalue weighted by Crippen LogP contribution is 2.18. The zero-order chi connectivity index (χ0) is 13.9. The van der Waals surface area contributed by atoms with Crippen molar-refractivity contribution < 1.29 is 4.74 Å². The van der Waals surface area contributed by atoms with Gasteiger partial charge in [-0.25, -0.2) is 0 Å². The first kappa shape index (κ1) is 15.8. The Morgan fingerprint density at radius 3 is 2.68 bits per heavy atom. The number of ether oxygens (including phenoxy) is 1. The van der Waals surface area contributed by atoms with Crippen LogP contribution >= 0.6 is 0 Å². The molecule has 0 bridgehead atoms. The van der Waals surface area contributed by atoms with Crippen molar-refractivity contribution in [1.29, 1.82) is 0 Å². The molecule has 1 rings (SSSR count). The fourth-order valence-electron chi connectivity index (χ4n) is 1.81. The fraction of sp³-hybridized carbons (Fsp3) is 0.625. The van der Waals surface area contributed by atoms with Crippen molar-refractivity contribution >= 4 is 5.69 Å². The van der Waals surface area contributed by atoms with Crippen molar-refractivity contribution in [2.45, 2.75) is 39.5 Å². The zero-order valence-corrected chi connectivity index (χ0v) is 12.3. The minimum Gasteiger partial charge on any atom is -0.493 e. The maximum atomic E-state index is 5.71. The van der Waals surface area contributed by atoms with Crippen molar-refractivity contribution in [2.75, 3.05) is 25.0 Å². The molecule has 0 aliphatic rings. The van der Waals surface area contributed by atoms with E-state index in [0.29, 0.717) is 5.92 Å². The molecule has 1 aromatic carbocycles. The highest BCUT2D eigenvalue weighted by molar-refractivity contribution is 5.48. The molecule has 0 aromatic heterocycles. The van der Waals surface area contributed by atoms with Crippen LogP contribution in [0.5, 0.6) is 5.75 Å². The highest BCUT2D eigenvalue weighted by atomic mass is 16.5. The number of unbranched alkanes of at least 4 members (excludes halogenated alkanes) is 3. The van der Waals surface area contributed by atoms with E-state index in [1.165, 1.54) is 19.3 Å². The highest BCUT2D eigenvalue weighted by Gasteiger charge is 1.99. The largest absolute Gasteiger partial charge is 0.493 e. The standard InChI is InChI=1S/C16H28N2O/c1-14(2)13-19-16-9-7-8-15(12-16)18-11-6-4-3-5-10-17/h7-9,12,14,18H,3-6,10-11,13,17H2,1-2H3. The summed E-state index contributed by atoms with van der Waals surface area (Å²) in [6.45, 7) is 6.90. The molecule has 1 aromatic rings. The number of hydrogen-bond donors (Lipinski definition) is 2. The number of nitrogens with two attached hydrogens (primary N) is 1. The molecule has 0 spiro atoms. The second-order valence-electron chi connectivity index (χ2n) is 5.36. The molecule has 0 unspecified atom stereocenters. The smallest absolute Gasteiger partial charge is 0.121 e. The molecule has 0 aliphatic heterocycles. The molecule has 0 fully saturated rings. The minimum atomic E-state index is 0.555. The lowest BCUT2D eigenvalue weighted by atomic mass is 10.2. The normalized spacial score (nSPS) is 10.7. The van der Waals surface area contributed by atoms with Crippen LogP contribution in [-0.4, -0.2) is 19.7 Å². The van der Waals surface area contributed by atoms with Crippen LogP contribution in [0.2, 0.25) is 0 Å². The first-order valence-electron chi connectivity index (χ1n) is 7.39. The van der Waals surface area contributed by atoms with E-state index < -0.39 is 0 Å². The Kier molecular flexibility index (Phi) is 8.07. The summed E-state index contributed by atoms with van der Waals surface area (Å²) in [5.74, 6) is 1.50. The Balaban J connectivity index is 2.24. The zero-order valence-electron chi connectivity index (χ0n) is 12.3. The van der Waals surface area contributed by atoms with Crippen LogP contribution in [0.15, 0.2) is 24.3 Å². The predicted octanol–water partition coefficient (Wildman–Crippen LogP) is 3.65. The summed E-state index contributed by atoms with van der Waals surface area (Å²) in [6, 6.07) is 8.20. The average molecular weight is 264 g/mol. The molecule has 0 aliphatic carbocycles. The Hall–Kier alpha value is -1.22.